The monoisotopic (exact) mass is 471 g/mol. The molecule has 0 aliphatic carbocycles. The van der Waals surface area contributed by atoms with Gasteiger partial charge in [0.2, 0.25) is 0 Å². The first-order chi connectivity index (χ1) is 11.9. The van der Waals surface area contributed by atoms with E-state index in [1.807, 2.05) is 47.4 Å². The van der Waals surface area contributed by atoms with Gasteiger partial charge in [0.1, 0.15) is 0 Å². The van der Waals surface area contributed by atoms with Crippen LogP contribution in [0.1, 0.15) is 26.3 Å². The molecule has 1 atom stereocenters. The molecule has 0 spiro atoms. The molecule has 0 aliphatic heterocycles. The van der Waals surface area contributed by atoms with Crippen molar-refractivity contribution in [2.75, 3.05) is 20.7 Å². The summed E-state index contributed by atoms with van der Waals surface area (Å²) < 4.78 is 7.43. The second kappa shape index (κ2) is 10.5. The Hall–Kier alpha value is -1.61. The predicted molar refractivity (Wildman–Crippen MR) is 117 cm³/mol. The summed E-state index contributed by atoms with van der Waals surface area (Å²) in [6.07, 6.45) is 3.98. The topological polar surface area (TPSA) is 63.5 Å². The standard InChI is InChI=1S/C19H29N5O.HI/c1-19(2,3)17(25-5)13-22-18(20-4)21-11-15-12-23-24(14-15)16-9-7-6-8-10-16;/h6-10,12,14,17H,11,13H2,1-5H3,(H2,20,21,22);1H. The fraction of sp³-hybridized carbons (Fsp3) is 0.474. The molecule has 1 unspecified atom stereocenters. The molecule has 144 valence electrons. The van der Waals surface area contributed by atoms with Gasteiger partial charge in [-0.25, -0.2) is 4.68 Å². The number of aromatic nitrogens is 2. The maximum atomic E-state index is 5.57. The van der Waals surface area contributed by atoms with Gasteiger partial charge in [0.05, 0.1) is 18.0 Å². The summed E-state index contributed by atoms with van der Waals surface area (Å²) in [6, 6.07) is 10.1. The molecule has 6 nitrogen and oxygen atoms in total. The molecule has 7 heteroatoms. The minimum absolute atomic E-state index is 0. The third kappa shape index (κ3) is 6.60. The number of guanidine groups is 1. The van der Waals surface area contributed by atoms with E-state index < -0.39 is 0 Å². The fourth-order valence-corrected chi connectivity index (χ4v) is 2.51. The van der Waals surface area contributed by atoms with E-state index in [-0.39, 0.29) is 35.5 Å². The lowest BCUT2D eigenvalue weighted by Gasteiger charge is -2.30. The molecule has 0 bridgehead atoms. The van der Waals surface area contributed by atoms with Gasteiger partial charge in [-0.15, -0.1) is 24.0 Å². The van der Waals surface area contributed by atoms with Crippen molar-refractivity contribution in [2.24, 2.45) is 10.4 Å². The Balaban J connectivity index is 0.00000338. The van der Waals surface area contributed by atoms with Gasteiger partial charge >= 0.3 is 0 Å². The number of nitrogens with one attached hydrogen (secondary N) is 2. The Labute approximate surface area is 173 Å². The van der Waals surface area contributed by atoms with E-state index in [1.54, 1.807) is 14.2 Å². The van der Waals surface area contributed by atoms with Gasteiger partial charge in [0, 0.05) is 39.0 Å². The molecule has 0 radical (unpaired) electrons. The van der Waals surface area contributed by atoms with Gasteiger partial charge in [-0.3, -0.25) is 4.99 Å². The minimum atomic E-state index is 0. The largest absolute Gasteiger partial charge is 0.379 e. The highest BCUT2D eigenvalue weighted by molar-refractivity contribution is 14.0. The second-order valence-electron chi connectivity index (χ2n) is 7.03. The molecule has 2 aromatic rings. The number of hydrogen-bond donors (Lipinski definition) is 2. The SMILES string of the molecule is CN=C(NCc1cnn(-c2ccccc2)c1)NCC(OC)C(C)(C)C.I. The zero-order chi connectivity index (χ0) is 18.3. The van der Waals surface area contributed by atoms with E-state index in [0.717, 1.165) is 17.2 Å². The molecule has 0 amide bonds. The zero-order valence-electron chi connectivity index (χ0n) is 16.2. The summed E-state index contributed by atoms with van der Waals surface area (Å²) in [5.41, 5.74) is 2.20. The number of methoxy groups -OCH3 is 1. The number of halogens is 1. The van der Waals surface area contributed by atoms with Gasteiger partial charge in [-0.1, -0.05) is 39.0 Å². The van der Waals surface area contributed by atoms with Crippen LogP contribution in [0.2, 0.25) is 0 Å². The Kier molecular flexibility index (Phi) is 9.07. The maximum absolute atomic E-state index is 5.57. The quantitative estimate of drug-likeness (QED) is 0.386. The average Bonchev–Trinajstić information content (AvgIpc) is 3.06. The number of para-hydroxylation sites is 1. The Morgan fingerprint density at radius 2 is 1.92 bits per heavy atom. The molecule has 0 saturated heterocycles. The van der Waals surface area contributed by atoms with Crippen molar-refractivity contribution in [3.05, 3.63) is 48.3 Å². The van der Waals surface area contributed by atoms with Gasteiger partial charge in [0.15, 0.2) is 5.96 Å². The van der Waals surface area contributed by atoms with Crippen molar-refractivity contribution in [3.63, 3.8) is 0 Å². The molecular weight excluding hydrogens is 441 g/mol. The summed E-state index contributed by atoms with van der Waals surface area (Å²) in [5, 5.41) is 11.0. The van der Waals surface area contributed by atoms with Crippen molar-refractivity contribution in [1.82, 2.24) is 20.4 Å². The van der Waals surface area contributed by atoms with Crippen LogP contribution < -0.4 is 10.6 Å². The lowest BCUT2D eigenvalue weighted by Crippen LogP contribution is -2.45. The van der Waals surface area contributed by atoms with Crippen LogP contribution in [-0.2, 0) is 11.3 Å². The van der Waals surface area contributed by atoms with Crippen LogP contribution in [0.5, 0.6) is 0 Å². The van der Waals surface area contributed by atoms with Gasteiger partial charge in [-0.05, 0) is 17.5 Å². The van der Waals surface area contributed by atoms with Crippen LogP contribution in [0, 0.1) is 5.41 Å². The van der Waals surface area contributed by atoms with E-state index in [0.29, 0.717) is 13.1 Å². The average molecular weight is 471 g/mol. The maximum Gasteiger partial charge on any atom is 0.191 e. The highest BCUT2D eigenvalue weighted by Crippen LogP contribution is 2.20. The highest BCUT2D eigenvalue weighted by atomic mass is 127. The number of ether oxygens (including phenoxy) is 1. The van der Waals surface area contributed by atoms with Crippen LogP contribution in [-0.4, -0.2) is 42.5 Å². The fourth-order valence-electron chi connectivity index (χ4n) is 2.51. The number of nitrogens with zero attached hydrogens (tertiary/aromatic N) is 3. The number of aliphatic imine (C=N–C) groups is 1. The van der Waals surface area contributed by atoms with Crippen LogP contribution in [0.25, 0.3) is 5.69 Å². The van der Waals surface area contributed by atoms with Crippen molar-refractivity contribution >= 4 is 29.9 Å². The van der Waals surface area contributed by atoms with E-state index in [4.69, 9.17) is 4.74 Å². The van der Waals surface area contributed by atoms with E-state index >= 15 is 0 Å². The van der Waals surface area contributed by atoms with Crippen LogP contribution in [0.4, 0.5) is 0 Å². The first-order valence-corrected chi connectivity index (χ1v) is 8.50. The minimum Gasteiger partial charge on any atom is -0.379 e. The third-order valence-corrected chi connectivity index (χ3v) is 4.05. The summed E-state index contributed by atoms with van der Waals surface area (Å²) >= 11 is 0. The van der Waals surface area contributed by atoms with Crippen LogP contribution in [0.3, 0.4) is 0 Å². The van der Waals surface area contributed by atoms with E-state index in [2.05, 4.69) is 41.5 Å². The van der Waals surface area contributed by atoms with Gasteiger partial charge < -0.3 is 15.4 Å². The Morgan fingerprint density at radius 1 is 1.23 bits per heavy atom. The Morgan fingerprint density at radius 3 is 2.50 bits per heavy atom. The molecule has 0 fully saturated rings. The molecule has 2 rings (SSSR count). The highest BCUT2D eigenvalue weighted by Gasteiger charge is 2.24. The van der Waals surface area contributed by atoms with Crippen molar-refractivity contribution in [2.45, 2.75) is 33.4 Å². The van der Waals surface area contributed by atoms with E-state index in [1.165, 1.54) is 0 Å². The molecule has 1 aromatic carbocycles. The molecule has 1 aromatic heterocycles. The normalized spacial score (nSPS) is 13.0. The van der Waals surface area contributed by atoms with Gasteiger partial charge in [0.25, 0.3) is 0 Å². The number of hydrogen-bond acceptors (Lipinski definition) is 3. The van der Waals surface area contributed by atoms with Crippen LogP contribution >= 0.6 is 24.0 Å². The smallest absolute Gasteiger partial charge is 0.191 e. The molecule has 26 heavy (non-hydrogen) atoms. The first kappa shape index (κ1) is 22.4. The van der Waals surface area contributed by atoms with Crippen molar-refractivity contribution < 1.29 is 4.74 Å². The molecule has 1 heterocycles. The van der Waals surface area contributed by atoms with Crippen molar-refractivity contribution in [3.8, 4) is 5.69 Å². The Bertz CT molecular complexity index is 679. The molecule has 0 saturated carbocycles. The zero-order valence-corrected chi connectivity index (χ0v) is 18.5. The first-order valence-electron chi connectivity index (χ1n) is 8.50. The van der Waals surface area contributed by atoms with Crippen molar-refractivity contribution in [1.29, 1.82) is 0 Å². The molecular formula is C19H30IN5O. The molecule has 2 N–H and O–H groups in total. The summed E-state index contributed by atoms with van der Waals surface area (Å²) in [6.45, 7) is 7.84. The summed E-state index contributed by atoms with van der Waals surface area (Å²) in [4.78, 5) is 4.27. The lowest BCUT2D eigenvalue weighted by molar-refractivity contribution is 0.0205. The number of benzene rings is 1. The van der Waals surface area contributed by atoms with Crippen LogP contribution in [0.15, 0.2) is 47.7 Å². The molecule has 0 aliphatic rings. The van der Waals surface area contributed by atoms with Gasteiger partial charge in [-0.2, -0.15) is 5.10 Å². The summed E-state index contributed by atoms with van der Waals surface area (Å²) in [5.74, 6) is 0.749. The van der Waals surface area contributed by atoms with E-state index in [9.17, 15) is 0 Å². The number of rotatable bonds is 6. The third-order valence-electron chi connectivity index (χ3n) is 4.05. The predicted octanol–water partition coefficient (Wildman–Crippen LogP) is 3.22. The lowest BCUT2D eigenvalue weighted by atomic mass is 9.89. The second-order valence-corrected chi connectivity index (χ2v) is 7.03. The summed E-state index contributed by atoms with van der Waals surface area (Å²) in [7, 11) is 3.51.